The van der Waals surface area contributed by atoms with Crippen LogP contribution in [0.3, 0.4) is 0 Å². The lowest BCUT2D eigenvalue weighted by atomic mass is 9.95. The fourth-order valence-corrected chi connectivity index (χ4v) is 2.45. The van der Waals surface area contributed by atoms with Crippen molar-refractivity contribution in [3.8, 4) is 0 Å². The molecule has 21 heavy (non-hydrogen) atoms. The maximum atomic E-state index is 11.6. The topological polar surface area (TPSA) is 63.1 Å². The van der Waals surface area contributed by atoms with Crippen LogP contribution in [0.2, 0.25) is 5.02 Å². The van der Waals surface area contributed by atoms with Crippen molar-refractivity contribution in [2.24, 2.45) is 0 Å². The molecule has 4 nitrogen and oxygen atoms in total. The summed E-state index contributed by atoms with van der Waals surface area (Å²) in [6.07, 6.45) is 1.11. The van der Waals surface area contributed by atoms with Crippen LogP contribution in [0.1, 0.15) is 35.6 Å². The number of nitrogens with zero attached hydrogens (tertiary/aromatic N) is 2. The van der Waals surface area contributed by atoms with Gasteiger partial charge in [0.05, 0.1) is 5.69 Å². The third-order valence-electron chi connectivity index (χ3n) is 3.26. The Hall–Kier alpha value is -1.94. The maximum Gasteiger partial charge on any atom is 0.312 e. The third-order valence-corrected chi connectivity index (χ3v) is 3.49. The molecule has 0 aliphatic heterocycles. The molecule has 0 saturated carbocycles. The maximum absolute atomic E-state index is 11.6. The summed E-state index contributed by atoms with van der Waals surface area (Å²) in [5.41, 5.74) is 2.28. The molecule has 1 unspecified atom stereocenters. The number of hydrogen-bond acceptors (Lipinski definition) is 3. The summed E-state index contributed by atoms with van der Waals surface area (Å²) in [5.74, 6) is -0.993. The zero-order valence-corrected chi connectivity index (χ0v) is 12.8. The largest absolute Gasteiger partial charge is 0.481 e. The summed E-state index contributed by atoms with van der Waals surface area (Å²) in [6, 6.07) is 9.02. The number of rotatable bonds is 5. The van der Waals surface area contributed by atoms with E-state index in [1.807, 2.05) is 19.1 Å². The molecule has 110 valence electrons. The van der Waals surface area contributed by atoms with Gasteiger partial charge in [0.1, 0.15) is 11.7 Å². The van der Waals surface area contributed by atoms with Crippen molar-refractivity contribution in [2.45, 2.75) is 32.6 Å². The molecule has 5 heteroatoms. The Balaban J connectivity index is 2.35. The summed E-state index contributed by atoms with van der Waals surface area (Å²) < 4.78 is 0. The monoisotopic (exact) mass is 304 g/mol. The van der Waals surface area contributed by atoms with Gasteiger partial charge in [0.25, 0.3) is 0 Å². The van der Waals surface area contributed by atoms with Crippen LogP contribution in [0.15, 0.2) is 30.3 Å². The molecule has 1 atom stereocenters. The molecule has 0 radical (unpaired) electrons. The van der Waals surface area contributed by atoms with Gasteiger partial charge in [-0.25, -0.2) is 9.97 Å². The van der Waals surface area contributed by atoms with Crippen LogP contribution in [-0.4, -0.2) is 21.0 Å². The van der Waals surface area contributed by atoms with Crippen LogP contribution in [0, 0.1) is 6.92 Å². The van der Waals surface area contributed by atoms with E-state index in [0.29, 0.717) is 23.0 Å². The number of benzene rings is 1. The lowest BCUT2D eigenvalue weighted by molar-refractivity contribution is -0.138. The van der Waals surface area contributed by atoms with Crippen molar-refractivity contribution in [2.75, 3.05) is 0 Å². The van der Waals surface area contributed by atoms with E-state index >= 15 is 0 Å². The van der Waals surface area contributed by atoms with Crippen LogP contribution >= 0.6 is 11.6 Å². The first-order chi connectivity index (χ1) is 9.99. The second-order valence-corrected chi connectivity index (χ2v) is 5.35. The van der Waals surface area contributed by atoms with Crippen LogP contribution in [-0.2, 0) is 17.6 Å². The summed E-state index contributed by atoms with van der Waals surface area (Å²) in [4.78, 5) is 20.2. The highest BCUT2D eigenvalue weighted by Gasteiger charge is 2.23. The summed E-state index contributed by atoms with van der Waals surface area (Å²) >= 11 is 5.95. The van der Waals surface area contributed by atoms with Crippen LogP contribution < -0.4 is 0 Å². The highest BCUT2D eigenvalue weighted by molar-refractivity contribution is 6.30. The van der Waals surface area contributed by atoms with E-state index < -0.39 is 11.9 Å². The summed E-state index contributed by atoms with van der Waals surface area (Å²) in [6.45, 7) is 3.76. The Morgan fingerprint density at radius 2 is 2.10 bits per heavy atom. The molecule has 2 aromatic rings. The minimum Gasteiger partial charge on any atom is -0.481 e. The van der Waals surface area contributed by atoms with Gasteiger partial charge in [0, 0.05) is 10.7 Å². The first-order valence-corrected chi connectivity index (χ1v) is 7.19. The molecule has 0 amide bonds. The predicted molar refractivity (Wildman–Crippen MR) is 81.7 cm³/mol. The molecule has 1 heterocycles. The number of carboxylic acid groups (broad SMARTS) is 1. The minimum atomic E-state index is -0.893. The first-order valence-electron chi connectivity index (χ1n) is 6.81. The van der Waals surface area contributed by atoms with Gasteiger partial charge in [-0.1, -0.05) is 30.7 Å². The van der Waals surface area contributed by atoms with Gasteiger partial charge >= 0.3 is 5.97 Å². The number of aromatic nitrogens is 2. The second-order valence-electron chi connectivity index (χ2n) is 4.91. The number of carbonyl (C=O) groups is 1. The molecule has 0 fully saturated rings. The van der Waals surface area contributed by atoms with Gasteiger partial charge in [-0.2, -0.15) is 0 Å². The standard InChI is InChI=1S/C16H17ClN2O2/c1-3-13-9-15(19-10(2)18-13)14(16(20)21)8-11-5-4-6-12(17)7-11/h4-7,9,14H,3,8H2,1-2H3,(H,20,21). The normalized spacial score (nSPS) is 12.1. The molecule has 0 aliphatic carbocycles. The average Bonchev–Trinajstić information content (AvgIpc) is 2.43. The number of aliphatic carboxylic acids is 1. The highest BCUT2D eigenvalue weighted by atomic mass is 35.5. The van der Waals surface area contributed by atoms with Crippen molar-refractivity contribution in [1.82, 2.24) is 9.97 Å². The second kappa shape index (κ2) is 6.68. The Labute approximate surface area is 128 Å². The Morgan fingerprint density at radius 1 is 1.33 bits per heavy atom. The molecule has 1 aromatic carbocycles. The van der Waals surface area contributed by atoms with Crippen molar-refractivity contribution in [3.63, 3.8) is 0 Å². The Kier molecular flexibility index (Phi) is 4.91. The SMILES string of the molecule is CCc1cc(C(Cc2cccc(Cl)c2)C(=O)O)nc(C)n1. The van der Waals surface area contributed by atoms with Crippen molar-refractivity contribution in [1.29, 1.82) is 0 Å². The Bertz CT molecular complexity index is 658. The predicted octanol–water partition coefficient (Wildman–Crippen LogP) is 3.41. The van der Waals surface area contributed by atoms with E-state index in [0.717, 1.165) is 17.7 Å². The molecule has 2 rings (SSSR count). The zero-order valence-electron chi connectivity index (χ0n) is 12.0. The molecule has 0 bridgehead atoms. The fourth-order valence-electron chi connectivity index (χ4n) is 2.23. The molecule has 0 aliphatic rings. The zero-order chi connectivity index (χ0) is 15.4. The van der Waals surface area contributed by atoms with Crippen molar-refractivity contribution >= 4 is 17.6 Å². The number of carboxylic acids is 1. The van der Waals surface area contributed by atoms with E-state index in [9.17, 15) is 9.90 Å². The number of halogens is 1. The van der Waals surface area contributed by atoms with Crippen LogP contribution in [0.5, 0.6) is 0 Å². The van der Waals surface area contributed by atoms with Crippen molar-refractivity contribution in [3.05, 3.63) is 58.1 Å². The minimum absolute atomic E-state index is 0.357. The highest BCUT2D eigenvalue weighted by Crippen LogP contribution is 2.22. The lowest BCUT2D eigenvalue weighted by Gasteiger charge is -2.13. The molecule has 0 spiro atoms. The van der Waals surface area contributed by atoms with Gasteiger partial charge in [-0.15, -0.1) is 0 Å². The van der Waals surface area contributed by atoms with Gasteiger partial charge in [-0.05, 0) is 43.5 Å². The number of aryl methyl sites for hydroxylation is 2. The molecular formula is C16H17ClN2O2. The van der Waals surface area contributed by atoms with E-state index in [1.54, 1.807) is 25.1 Å². The third kappa shape index (κ3) is 4.02. The van der Waals surface area contributed by atoms with E-state index in [4.69, 9.17) is 11.6 Å². The van der Waals surface area contributed by atoms with E-state index in [1.165, 1.54) is 0 Å². The fraction of sp³-hybridized carbons (Fsp3) is 0.312. The average molecular weight is 305 g/mol. The number of hydrogen-bond donors (Lipinski definition) is 1. The quantitative estimate of drug-likeness (QED) is 0.919. The summed E-state index contributed by atoms with van der Waals surface area (Å²) in [7, 11) is 0. The van der Waals surface area contributed by atoms with Gasteiger partial charge in [0.2, 0.25) is 0 Å². The summed E-state index contributed by atoms with van der Waals surface area (Å²) in [5, 5.41) is 10.1. The first kappa shape index (κ1) is 15.4. The van der Waals surface area contributed by atoms with Crippen molar-refractivity contribution < 1.29 is 9.90 Å². The lowest BCUT2D eigenvalue weighted by Crippen LogP contribution is -2.17. The van der Waals surface area contributed by atoms with E-state index in [2.05, 4.69) is 9.97 Å². The van der Waals surface area contributed by atoms with Gasteiger partial charge in [-0.3, -0.25) is 4.79 Å². The van der Waals surface area contributed by atoms with Crippen LogP contribution in [0.4, 0.5) is 0 Å². The Morgan fingerprint density at radius 3 is 2.71 bits per heavy atom. The molecule has 1 aromatic heterocycles. The van der Waals surface area contributed by atoms with Crippen LogP contribution in [0.25, 0.3) is 0 Å². The molecule has 1 N–H and O–H groups in total. The molecular weight excluding hydrogens is 288 g/mol. The van der Waals surface area contributed by atoms with E-state index in [-0.39, 0.29) is 0 Å². The van der Waals surface area contributed by atoms with Gasteiger partial charge < -0.3 is 5.11 Å². The molecule has 0 saturated heterocycles. The van der Waals surface area contributed by atoms with Gasteiger partial charge in [0.15, 0.2) is 0 Å². The smallest absolute Gasteiger partial charge is 0.312 e.